The highest BCUT2D eigenvalue weighted by atomic mass is 32.1. The van der Waals surface area contributed by atoms with E-state index >= 15 is 0 Å². The summed E-state index contributed by atoms with van der Waals surface area (Å²) in [6.45, 7) is 2.16. The van der Waals surface area contributed by atoms with Crippen LogP contribution in [0.4, 0.5) is 0 Å². The first-order chi connectivity index (χ1) is 8.28. The van der Waals surface area contributed by atoms with Crippen molar-refractivity contribution in [1.29, 1.82) is 0 Å². The van der Waals surface area contributed by atoms with Crippen LogP contribution >= 0.6 is 11.3 Å². The number of thiophene rings is 1. The van der Waals surface area contributed by atoms with E-state index in [1.807, 2.05) is 0 Å². The van der Waals surface area contributed by atoms with Gasteiger partial charge in [-0.15, -0.1) is 11.3 Å². The molecule has 2 rings (SSSR count). The maximum atomic E-state index is 11.9. The van der Waals surface area contributed by atoms with E-state index in [1.165, 1.54) is 35.4 Å². The Balaban J connectivity index is 1.72. The average Bonchev–Trinajstić information content (AvgIpc) is 2.97. The quantitative estimate of drug-likeness (QED) is 0.731. The summed E-state index contributed by atoms with van der Waals surface area (Å²) in [5.74, 6) is 1.27. The molecule has 0 N–H and O–H groups in total. The van der Waals surface area contributed by atoms with Crippen molar-refractivity contribution < 1.29 is 4.79 Å². The van der Waals surface area contributed by atoms with E-state index in [4.69, 9.17) is 0 Å². The molecular formula is C15H22OS. The summed E-state index contributed by atoms with van der Waals surface area (Å²) in [5.41, 5.74) is 0. The lowest BCUT2D eigenvalue weighted by atomic mass is 9.99. The van der Waals surface area contributed by atoms with E-state index in [9.17, 15) is 4.79 Å². The normalized spacial score (nSPS) is 16.5. The molecule has 17 heavy (non-hydrogen) atoms. The number of hydrogen-bond donors (Lipinski definition) is 0. The highest BCUT2D eigenvalue weighted by Crippen LogP contribution is 2.29. The van der Waals surface area contributed by atoms with Gasteiger partial charge in [0.05, 0.1) is 0 Å². The summed E-state index contributed by atoms with van der Waals surface area (Å²) in [6, 6.07) is 4.28. The van der Waals surface area contributed by atoms with E-state index in [2.05, 4.69) is 19.1 Å². The van der Waals surface area contributed by atoms with E-state index < -0.39 is 0 Å². The predicted molar refractivity (Wildman–Crippen MR) is 73.6 cm³/mol. The summed E-state index contributed by atoms with van der Waals surface area (Å²) in [4.78, 5) is 14.5. The van der Waals surface area contributed by atoms with Crippen LogP contribution in [0, 0.1) is 5.92 Å². The van der Waals surface area contributed by atoms with Gasteiger partial charge in [0.25, 0.3) is 0 Å². The number of hydrogen-bond acceptors (Lipinski definition) is 2. The first-order valence-electron chi connectivity index (χ1n) is 6.87. The standard InChI is InChI=1S/C15H22OS/c1-2-14-9-10-15(17-14)11-13(16)8-7-12-5-3-4-6-12/h9-10,12H,2-8,11H2,1H3. The van der Waals surface area contributed by atoms with Gasteiger partial charge in [-0.25, -0.2) is 0 Å². The lowest BCUT2D eigenvalue weighted by Gasteiger charge is -2.06. The fourth-order valence-electron chi connectivity index (χ4n) is 2.65. The number of carbonyl (C=O) groups excluding carboxylic acids is 1. The Bertz CT molecular complexity index is 361. The molecule has 1 aliphatic rings. The Hall–Kier alpha value is -0.630. The van der Waals surface area contributed by atoms with Crippen molar-refractivity contribution in [3.05, 3.63) is 21.9 Å². The van der Waals surface area contributed by atoms with Gasteiger partial charge in [0.2, 0.25) is 0 Å². The smallest absolute Gasteiger partial charge is 0.138 e. The Morgan fingerprint density at radius 1 is 1.29 bits per heavy atom. The molecule has 0 saturated heterocycles. The molecule has 0 spiro atoms. The highest BCUT2D eigenvalue weighted by molar-refractivity contribution is 7.12. The zero-order valence-electron chi connectivity index (χ0n) is 10.7. The second-order valence-electron chi connectivity index (χ2n) is 5.13. The third kappa shape index (κ3) is 3.95. The van der Waals surface area contributed by atoms with Gasteiger partial charge in [-0.3, -0.25) is 4.79 Å². The van der Waals surface area contributed by atoms with Crippen LogP contribution in [0.2, 0.25) is 0 Å². The summed E-state index contributed by atoms with van der Waals surface area (Å²) in [6.07, 6.45) is 9.14. The third-order valence-corrected chi connectivity index (χ3v) is 4.97. The van der Waals surface area contributed by atoms with Crippen molar-refractivity contribution in [2.45, 2.75) is 58.3 Å². The van der Waals surface area contributed by atoms with Gasteiger partial charge < -0.3 is 0 Å². The molecule has 0 amide bonds. The van der Waals surface area contributed by atoms with Crippen LogP contribution in [-0.2, 0) is 17.6 Å². The molecule has 1 saturated carbocycles. The van der Waals surface area contributed by atoms with E-state index in [1.54, 1.807) is 11.3 Å². The molecule has 1 fully saturated rings. The van der Waals surface area contributed by atoms with Crippen molar-refractivity contribution in [3.8, 4) is 0 Å². The van der Waals surface area contributed by atoms with E-state index in [0.29, 0.717) is 12.2 Å². The summed E-state index contributed by atoms with van der Waals surface area (Å²) < 4.78 is 0. The van der Waals surface area contributed by atoms with Crippen LogP contribution in [0.1, 0.15) is 55.2 Å². The Morgan fingerprint density at radius 2 is 2.00 bits per heavy atom. The van der Waals surface area contributed by atoms with Gasteiger partial charge >= 0.3 is 0 Å². The average molecular weight is 250 g/mol. The van der Waals surface area contributed by atoms with Crippen LogP contribution in [0.15, 0.2) is 12.1 Å². The number of carbonyl (C=O) groups is 1. The predicted octanol–water partition coefficient (Wildman–Crippen LogP) is 4.39. The molecule has 1 nitrogen and oxygen atoms in total. The summed E-state index contributed by atoms with van der Waals surface area (Å²) in [5, 5.41) is 0. The van der Waals surface area contributed by atoms with Crippen LogP contribution in [0.25, 0.3) is 0 Å². The van der Waals surface area contributed by atoms with Crippen molar-refractivity contribution in [2.75, 3.05) is 0 Å². The molecule has 0 atom stereocenters. The Labute approximate surface area is 108 Å². The van der Waals surface area contributed by atoms with Crippen LogP contribution < -0.4 is 0 Å². The highest BCUT2D eigenvalue weighted by Gasteiger charge is 2.16. The molecule has 0 aromatic carbocycles. The number of aryl methyl sites for hydroxylation is 1. The zero-order chi connectivity index (χ0) is 12.1. The minimum atomic E-state index is 0.432. The molecule has 1 aromatic rings. The molecule has 0 unspecified atom stereocenters. The van der Waals surface area contributed by atoms with Crippen LogP contribution in [-0.4, -0.2) is 5.78 Å². The maximum Gasteiger partial charge on any atom is 0.138 e. The minimum Gasteiger partial charge on any atom is -0.299 e. The van der Waals surface area contributed by atoms with Crippen molar-refractivity contribution in [3.63, 3.8) is 0 Å². The van der Waals surface area contributed by atoms with Gasteiger partial charge in [0.1, 0.15) is 5.78 Å². The fraction of sp³-hybridized carbons (Fsp3) is 0.667. The van der Waals surface area contributed by atoms with Gasteiger partial charge in [-0.2, -0.15) is 0 Å². The summed E-state index contributed by atoms with van der Waals surface area (Å²) in [7, 11) is 0. The first-order valence-corrected chi connectivity index (χ1v) is 7.69. The van der Waals surface area contributed by atoms with Gasteiger partial charge in [-0.1, -0.05) is 32.6 Å². The van der Waals surface area contributed by atoms with E-state index in [0.717, 1.165) is 25.2 Å². The third-order valence-electron chi connectivity index (χ3n) is 3.74. The lowest BCUT2D eigenvalue weighted by Crippen LogP contribution is -2.04. The van der Waals surface area contributed by atoms with Crippen LogP contribution in [0.3, 0.4) is 0 Å². The van der Waals surface area contributed by atoms with Crippen molar-refractivity contribution in [2.24, 2.45) is 5.92 Å². The molecule has 0 aliphatic heterocycles. The van der Waals surface area contributed by atoms with Gasteiger partial charge in [-0.05, 0) is 30.9 Å². The molecule has 0 radical (unpaired) electrons. The monoisotopic (exact) mass is 250 g/mol. The second kappa shape index (κ2) is 6.34. The molecule has 1 heterocycles. The summed E-state index contributed by atoms with van der Waals surface area (Å²) >= 11 is 1.80. The maximum absolute atomic E-state index is 11.9. The molecule has 0 bridgehead atoms. The molecule has 1 aromatic heterocycles. The Morgan fingerprint density at radius 3 is 2.65 bits per heavy atom. The lowest BCUT2D eigenvalue weighted by molar-refractivity contribution is -0.118. The zero-order valence-corrected chi connectivity index (χ0v) is 11.5. The fourth-order valence-corrected chi connectivity index (χ4v) is 3.64. The molecule has 94 valence electrons. The SMILES string of the molecule is CCc1ccc(CC(=O)CCC2CCCC2)s1. The first kappa shape index (κ1) is 12.8. The molecular weight excluding hydrogens is 228 g/mol. The number of rotatable bonds is 6. The largest absolute Gasteiger partial charge is 0.299 e. The van der Waals surface area contributed by atoms with E-state index in [-0.39, 0.29) is 0 Å². The van der Waals surface area contributed by atoms with Gasteiger partial charge in [0, 0.05) is 22.6 Å². The minimum absolute atomic E-state index is 0.432. The number of ketones is 1. The Kier molecular flexibility index (Phi) is 4.78. The molecule has 2 heteroatoms. The van der Waals surface area contributed by atoms with Crippen molar-refractivity contribution in [1.82, 2.24) is 0 Å². The van der Waals surface area contributed by atoms with Crippen molar-refractivity contribution >= 4 is 17.1 Å². The molecule has 1 aliphatic carbocycles. The topological polar surface area (TPSA) is 17.1 Å². The van der Waals surface area contributed by atoms with Gasteiger partial charge in [0.15, 0.2) is 0 Å². The number of Topliss-reactive ketones (excluding diaryl/α,β-unsaturated/α-hetero) is 1. The van der Waals surface area contributed by atoms with Crippen LogP contribution in [0.5, 0.6) is 0 Å². The second-order valence-corrected chi connectivity index (χ2v) is 6.38.